The van der Waals surface area contributed by atoms with Crippen molar-refractivity contribution in [2.24, 2.45) is 28.6 Å². The molecule has 204 valence electrons. The number of ketones is 1. The maximum absolute atomic E-state index is 14.0. The van der Waals surface area contributed by atoms with E-state index in [9.17, 15) is 19.2 Å². The van der Waals surface area contributed by atoms with Crippen LogP contribution < -0.4 is 0 Å². The highest BCUT2D eigenvalue weighted by Gasteiger charge is 2.71. The van der Waals surface area contributed by atoms with Gasteiger partial charge in [-0.15, -0.1) is 0 Å². The van der Waals surface area contributed by atoms with Crippen molar-refractivity contribution in [2.75, 3.05) is 0 Å². The summed E-state index contributed by atoms with van der Waals surface area (Å²) in [7, 11) is 0. The molecule has 1 saturated heterocycles. The van der Waals surface area contributed by atoms with Crippen molar-refractivity contribution in [3.05, 3.63) is 36.5 Å². The van der Waals surface area contributed by atoms with E-state index in [1.807, 2.05) is 20.8 Å². The lowest BCUT2D eigenvalue weighted by Crippen LogP contribution is -2.61. The Hall–Kier alpha value is -2.74. The molecule has 0 radical (unpaired) electrons. The van der Waals surface area contributed by atoms with Gasteiger partial charge in [-0.25, -0.2) is 0 Å². The van der Waals surface area contributed by atoms with Crippen molar-refractivity contribution in [1.82, 2.24) is 0 Å². The zero-order chi connectivity index (χ0) is 27.7. The van der Waals surface area contributed by atoms with Gasteiger partial charge in [-0.2, -0.15) is 0 Å². The maximum Gasteiger partial charge on any atom is 0.306 e. The number of allylic oxidation sites excluding steroid dienone is 2. The molecule has 8 heteroatoms. The van der Waals surface area contributed by atoms with Gasteiger partial charge < -0.3 is 14.2 Å². The predicted molar refractivity (Wildman–Crippen MR) is 136 cm³/mol. The Morgan fingerprint density at radius 2 is 1.84 bits per heavy atom. The third kappa shape index (κ3) is 5.44. The first-order valence-electron chi connectivity index (χ1n) is 13.0. The van der Waals surface area contributed by atoms with Crippen molar-refractivity contribution < 1.29 is 38.1 Å². The molecule has 0 aromatic rings. The van der Waals surface area contributed by atoms with Crippen LogP contribution >= 0.6 is 0 Å². The van der Waals surface area contributed by atoms with Gasteiger partial charge in [0.1, 0.15) is 17.3 Å². The lowest BCUT2D eigenvalue weighted by molar-refractivity contribution is -0.231. The summed E-state index contributed by atoms with van der Waals surface area (Å²) < 4.78 is 23.0. The third-order valence-electron chi connectivity index (χ3n) is 8.29. The third-order valence-corrected chi connectivity index (χ3v) is 8.29. The van der Waals surface area contributed by atoms with E-state index in [2.05, 4.69) is 20.1 Å². The van der Waals surface area contributed by atoms with Crippen LogP contribution in [0.3, 0.4) is 0 Å². The quantitative estimate of drug-likeness (QED) is 0.186. The topological polar surface area (TPSA) is 105 Å². The molecule has 3 aliphatic rings. The van der Waals surface area contributed by atoms with E-state index in [-0.39, 0.29) is 36.4 Å². The van der Waals surface area contributed by atoms with E-state index in [1.54, 1.807) is 12.2 Å². The maximum atomic E-state index is 14.0. The smallest absolute Gasteiger partial charge is 0.306 e. The minimum absolute atomic E-state index is 0.0228. The van der Waals surface area contributed by atoms with E-state index < -0.39 is 47.4 Å². The van der Waals surface area contributed by atoms with Crippen LogP contribution in [0, 0.1) is 28.6 Å². The molecule has 2 fully saturated rings. The van der Waals surface area contributed by atoms with Crippen molar-refractivity contribution in [3.8, 4) is 0 Å². The zero-order valence-electron chi connectivity index (χ0n) is 22.8. The van der Waals surface area contributed by atoms with Crippen molar-refractivity contribution in [3.63, 3.8) is 0 Å². The van der Waals surface area contributed by atoms with E-state index in [4.69, 9.17) is 18.9 Å². The molecule has 0 bridgehead atoms. The number of esters is 3. The summed E-state index contributed by atoms with van der Waals surface area (Å²) >= 11 is 0. The SMILES string of the molecule is C=CC(=C)CCC1(C)C(C)CC(=O)C23C(=C[C@H](OC(=O)CC(C)C)CC12)[C@@H](OC(C)=O)O[C@H]3OC(C)=O. The van der Waals surface area contributed by atoms with Crippen LogP contribution in [-0.2, 0) is 38.1 Å². The number of ether oxygens (including phenoxy) is 4. The minimum Gasteiger partial charge on any atom is -0.458 e. The number of hydrogen-bond acceptors (Lipinski definition) is 8. The van der Waals surface area contributed by atoms with E-state index in [0.29, 0.717) is 24.8 Å². The summed E-state index contributed by atoms with van der Waals surface area (Å²) in [6.07, 6.45) is 2.41. The molecule has 3 rings (SSSR count). The van der Waals surface area contributed by atoms with Crippen molar-refractivity contribution >= 4 is 23.7 Å². The fourth-order valence-corrected chi connectivity index (χ4v) is 6.29. The van der Waals surface area contributed by atoms with Gasteiger partial charge in [-0.3, -0.25) is 23.9 Å². The minimum atomic E-state index is -1.36. The van der Waals surface area contributed by atoms with Crippen molar-refractivity contribution in [2.45, 2.75) is 92.3 Å². The molecule has 1 aliphatic heterocycles. The normalized spacial score (nSPS) is 34.6. The van der Waals surface area contributed by atoms with Gasteiger partial charge in [0.15, 0.2) is 0 Å². The highest BCUT2D eigenvalue weighted by molar-refractivity contribution is 5.92. The second-order valence-corrected chi connectivity index (χ2v) is 11.3. The average Bonchev–Trinajstić information content (AvgIpc) is 3.07. The first kappa shape index (κ1) is 28.8. The fourth-order valence-electron chi connectivity index (χ4n) is 6.29. The Bertz CT molecular complexity index is 1010. The highest BCUT2D eigenvalue weighted by atomic mass is 16.8. The molecule has 1 saturated carbocycles. The number of carbonyl (C=O) groups is 4. The van der Waals surface area contributed by atoms with Gasteiger partial charge in [-0.1, -0.05) is 52.5 Å². The van der Waals surface area contributed by atoms with E-state index in [0.717, 1.165) is 5.57 Å². The number of carbonyl (C=O) groups excluding carboxylic acids is 4. The van der Waals surface area contributed by atoms with Crippen LogP contribution in [0.25, 0.3) is 0 Å². The van der Waals surface area contributed by atoms with Crippen molar-refractivity contribution in [1.29, 1.82) is 0 Å². The molecule has 37 heavy (non-hydrogen) atoms. The van der Waals surface area contributed by atoms with Gasteiger partial charge in [0.05, 0.1) is 0 Å². The van der Waals surface area contributed by atoms with Crippen LogP contribution in [-0.4, -0.2) is 42.4 Å². The van der Waals surface area contributed by atoms with Gasteiger partial charge in [0, 0.05) is 32.3 Å². The predicted octanol–water partition coefficient (Wildman–Crippen LogP) is 4.82. The molecule has 4 unspecified atom stereocenters. The molecule has 0 aromatic carbocycles. The van der Waals surface area contributed by atoms with Gasteiger partial charge in [0.2, 0.25) is 12.6 Å². The lowest BCUT2D eigenvalue weighted by Gasteiger charge is -2.57. The second kappa shape index (κ2) is 10.9. The molecular formula is C29H40O8. The molecule has 0 amide bonds. The molecule has 0 aromatic heterocycles. The molecule has 2 aliphatic carbocycles. The Kier molecular flexibility index (Phi) is 8.52. The monoisotopic (exact) mass is 516 g/mol. The van der Waals surface area contributed by atoms with Gasteiger partial charge in [0.25, 0.3) is 0 Å². The summed E-state index contributed by atoms with van der Waals surface area (Å²) in [6.45, 7) is 18.4. The summed E-state index contributed by atoms with van der Waals surface area (Å²) in [5.41, 5.74) is -0.542. The largest absolute Gasteiger partial charge is 0.458 e. The second-order valence-electron chi connectivity index (χ2n) is 11.3. The summed E-state index contributed by atoms with van der Waals surface area (Å²) in [5.74, 6) is -2.03. The molecule has 0 N–H and O–H groups in total. The van der Waals surface area contributed by atoms with E-state index >= 15 is 0 Å². The molecule has 8 nitrogen and oxygen atoms in total. The number of Topliss-reactive ketones (excluding diaryl/α,β-unsaturated/α-hetero) is 1. The Balaban J connectivity index is 2.18. The first-order valence-corrected chi connectivity index (χ1v) is 13.0. The summed E-state index contributed by atoms with van der Waals surface area (Å²) in [6, 6.07) is 0. The first-order chi connectivity index (χ1) is 17.2. The van der Waals surface area contributed by atoms with Crippen LogP contribution in [0.2, 0.25) is 0 Å². The Morgan fingerprint density at radius 3 is 2.41 bits per heavy atom. The highest BCUT2D eigenvalue weighted by Crippen LogP contribution is 2.66. The lowest BCUT2D eigenvalue weighted by atomic mass is 9.45. The number of hydrogen-bond donors (Lipinski definition) is 0. The van der Waals surface area contributed by atoms with Crippen LogP contribution in [0.1, 0.15) is 73.6 Å². The number of rotatable bonds is 9. The molecule has 1 heterocycles. The summed E-state index contributed by atoms with van der Waals surface area (Å²) in [5, 5.41) is 0. The molecule has 1 spiro atoms. The molecule has 7 atom stereocenters. The van der Waals surface area contributed by atoms with Crippen LogP contribution in [0.5, 0.6) is 0 Å². The van der Waals surface area contributed by atoms with Crippen LogP contribution in [0.15, 0.2) is 36.5 Å². The Morgan fingerprint density at radius 1 is 1.19 bits per heavy atom. The Labute approximate surface area is 219 Å². The van der Waals surface area contributed by atoms with Gasteiger partial charge >= 0.3 is 17.9 Å². The van der Waals surface area contributed by atoms with E-state index in [1.165, 1.54) is 13.8 Å². The van der Waals surface area contributed by atoms with Crippen LogP contribution in [0.4, 0.5) is 0 Å². The molecular weight excluding hydrogens is 476 g/mol. The standard InChI is InChI=1S/C29H40O8/c1-9-17(4)10-11-28(8)18(5)13-24(32)29-22(26(34-19(6)30)37-27(29)35-20(7)31)14-21(15-23(28)29)36-25(33)12-16(2)3/h9,14,16,18,21,23,26-27H,1,4,10-13,15H2,2-3,5-8H3/t18?,21-,23?,26-,27+,28?,29?/m0/s1. The zero-order valence-corrected chi connectivity index (χ0v) is 22.8. The average molecular weight is 517 g/mol. The fraction of sp³-hybridized carbons (Fsp3) is 0.655. The summed E-state index contributed by atoms with van der Waals surface area (Å²) in [4.78, 5) is 50.8. The van der Waals surface area contributed by atoms with Gasteiger partial charge in [-0.05, 0) is 48.5 Å².